The molecule has 2 saturated heterocycles. The van der Waals surface area contributed by atoms with Gasteiger partial charge in [0, 0.05) is 31.6 Å². The fraction of sp³-hybridized carbons (Fsp3) is 0.588. The maximum Gasteiger partial charge on any atom is 0.240 e. The van der Waals surface area contributed by atoms with Gasteiger partial charge in [0.05, 0.1) is 4.90 Å². The number of carbonyl (C=O) groups excluding carboxylic acids is 1. The molecule has 0 aliphatic carbocycles. The van der Waals surface area contributed by atoms with Crippen LogP contribution in [0, 0.1) is 5.92 Å². The molecule has 3 N–H and O–H groups in total. The van der Waals surface area contributed by atoms with Crippen LogP contribution in [0.2, 0.25) is 0 Å². The van der Waals surface area contributed by atoms with Gasteiger partial charge in [0.2, 0.25) is 15.9 Å². The molecule has 0 aromatic heterocycles. The van der Waals surface area contributed by atoms with Gasteiger partial charge in [-0.3, -0.25) is 4.79 Å². The summed E-state index contributed by atoms with van der Waals surface area (Å²) in [6.07, 6.45) is 5.14. The summed E-state index contributed by atoms with van der Waals surface area (Å²) in [6, 6.07) is 9.40. The molecule has 2 atom stereocenters. The normalized spacial score (nSPS) is 25.2. The van der Waals surface area contributed by atoms with Crippen LogP contribution in [-0.4, -0.2) is 39.5 Å². The van der Waals surface area contributed by atoms with Crippen LogP contribution in [0.5, 0.6) is 0 Å². The van der Waals surface area contributed by atoms with E-state index >= 15 is 0 Å². The molecule has 0 saturated carbocycles. The molecule has 2 unspecified atom stereocenters. The Morgan fingerprint density at radius 3 is 2.36 bits per heavy atom. The van der Waals surface area contributed by atoms with Gasteiger partial charge in [-0.15, -0.1) is 12.4 Å². The fourth-order valence-corrected chi connectivity index (χ4v) is 4.80. The van der Waals surface area contributed by atoms with Crippen molar-refractivity contribution in [3.8, 4) is 0 Å². The third kappa shape index (κ3) is 5.67. The predicted molar refractivity (Wildman–Crippen MR) is 99.2 cm³/mol. The largest absolute Gasteiger partial charge is 0.355 e. The lowest BCUT2D eigenvalue weighted by Gasteiger charge is -2.28. The molecule has 6 nitrogen and oxygen atoms in total. The molecule has 0 spiro atoms. The average Bonchev–Trinajstić information content (AvgIpc) is 2.91. The first-order valence-corrected chi connectivity index (χ1v) is 10.1. The zero-order chi connectivity index (χ0) is 17.0. The maximum atomic E-state index is 12.0. The zero-order valence-electron chi connectivity index (χ0n) is 14.1. The number of sulfonamides is 1. The third-order valence-corrected chi connectivity index (χ3v) is 6.31. The summed E-state index contributed by atoms with van der Waals surface area (Å²) in [5.74, 6) is 0.463. The highest BCUT2D eigenvalue weighted by molar-refractivity contribution is 7.89. The molecule has 8 heteroatoms. The van der Waals surface area contributed by atoms with E-state index in [9.17, 15) is 13.2 Å². The van der Waals surface area contributed by atoms with Crippen LogP contribution in [-0.2, 0) is 14.8 Å². The SMILES string of the molecule is Cl.O=C(CC1CC2CCC(C1)N2)NCCNS(=O)(=O)c1ccccc1. The average molecular weight is 388 g/mol. The van der Waals surface area contributed by atoms with E-state index < -0.39 is 10.0 Å². The van der Waals surface area contributed by atoms with Gasteiger partial charge in [0.15, 0.2) is 0 Å². The van der Waals surface area contributed by atoms with Crippen LogP contribution in [0.3, 0.4) is 0 Å². The van der Waals surface area contributed by atoms with Crippen molar-refractivity contribution in [2.75, 3.05) is 13.1 Å². The van der Waals surface area contributed by atoms with E-state index in [1.807, 2.05) is 0 Å². The topological polar surface area (TPSA) is 87.3 Å². The molecule has 1 aromatic carbocycles. The second-order valence-corrected chi connectivity index (χ2v) is 8.51. The van der Waals surface area contributed by atoms with Gasteiger partial charge in [0.25, 0.3) is 0 Å². The number of hydrogen-bond acceptors (Lipinski definition) is 4. The number of carbonyl (C=O) groups is 1. The lowest BCUT2D eigenvalue weighted by Crippen LogP contribution is -2.40. The first-order chi connectivity index (χ1) is 11.5. The molecular formula is C17H26ClN3O3S. The fourth-order valence-electron chi connectivity index (χ4n) is 3.75. The van der Waals surface area contributed by atoms with Crippen molar-refractivity contribution in [2.24, 2.45) is 5.92 Å². The molecule has 2 fully saturated rings. The summed E-state index contributed by atoms with van der Waals surface area (Å²) < 4.78 is 26.6. The van der Waals surface area contributed by atoms with Crippen LogP contribution >= 0.6 is 12.4 Å². The van der Waals surface area contributed by atoms with E-state index in [1.54, 1.807) is 30.3 Å². The van der Waals surface area contributed by atoms with Gasteiger partial charge < -0.3 is 10.6 Å². The second-order valence-electron chi connectivity index (χ2n) is 6.74. The van der Waals surface area contributed by atoms with E-state index in [0.717, 1.165) is 12.8 Å². The van der Waals surface area contributed by atoms with E-state index in [-0.39, 0.29) is 29.8 Å². The van der Waals surface area contributed by atoms with Crippen molar-refractivity contribution in [3.63, 3.8) is 0 Å². The highest BCUT2D eigenvalue weighted by Crippen LogP contribution is 2.32. The van der Waals surface area contributed by atoms with E-state index in [4.69, 9.17) is 0 Å². The summed E-state index contributed by atoms with van der Waals surface area (Å²) in [6.45, 7) is 0.503. The zero-order valence-corrected chi connectivity index (χ0v) is 15.7. The molecule has 2 heterocycles. The van der Waals surface area contributed by atoms with Crippen LogP contribution in [0.25, 0.3) is 0 Å². The quantitative estimate of drug-likeness (QED) is 0.617. The van der Waals surface area contributed by atoms with Crippen LogP contribution < -0.4 is 15.4 Å². The Balaban J connectivity index is 0.00000225. The van der Waals surface area contributed by atoms with Crippen LogP contribution in [0.4, 0.5) is 0 Å². The number of amides is 1. The molecular weight excluding hydrogens is 362 g/mol. The molecule has 2 bridgehead atoms. The molecule has 25 heavy (non-hydrogen) atoms. The van der Waals surface area contributed by atoms with Crippen molar-refractivity contribution >= 4 is 28.3 Å². The molecule has 2 aliphatic heterocycles. The number of hydrogen-bond donors (Lipinski definition) is 3. The van der Waals surface area contributed by atoms with Crippen molar-refractivity contribution < 1.29 is 13.2 Å². The Bertz CT molecular complexity index is 657. The number of benzene rings is 1. The molecule has 0 radical (unpaired) electrons. The van der Waals surface area contributed by atoms with E-state index in [1.165, 1.54) is 12.8 Å². The van der Waals surface area contributed by atoms with Crippen molar-refractivity contribution in [1.82, 2.24) is 15.4 Å². The van der Waals surface area contributed by atoms with Gasteiger partial charge in [-0.25, -0.2) is 13.1 Å². The molecule has 2 aliphatic rings. The molecule has 1 amide bonds. The van der Waals surface area contributed by atoms with Crippen molar-refractivity contribution in [3.05, 3.63) is 30.3 Å². The van der Waals surface area contributed by atoms with Crippen LogP contribution in [0.15, 0.2) is 35.2 Å². The molecule has 140 valence electrons. The van der Waals surface area contributed by atoms with Gasteiger partial charge in [0.1, 0.15) is 0 Å². The Morgan fingerprint density at radius 2 is 1.72 bits per heavy atom. The van der Waals surface area contributed by atoms with Crippen LogP contribution in [0.1, 0.15) is 32.1 Å². The smallest absolute Gasteiger partial charge is 0.240 e. The highest BCUT2D eigenvalue weighted by atomic mass is 35.5. The maximum absolute atomic E-state index is 12.0. The Morgan fingerprint density at radius 1 is 1.08 bits per heavy atom. The standard InChI is InChI=1S/C17H25N3O3S.ClH/c21-17(12-13-10-14-6-7-15(11-13)20-14)18-8-9-19-24(22,23)16-4-2-1-3-5-16;/h1-5,13-15,19-20H,6-12H2,(H,18,21);1H. The third-order valence-electron chi connectivity index (χ3n) is 4.84. The van der Waals surface area contributed by atoms with E-state index in [2.05, 4.69) is 15.4 Å². The minimum atomic E-state index is -3.50. The summed E-state index contributed by atoms with van der Waals surface area (Å²) in [5.41, 5.74) is 0. The Labute approximate surface area is 155 Å². The number of nitrogens with one attached hydrogen (secondary N) is 3. The lowest BCUT2D eigenvalue weighted by molar-refractivity contribution is -0.122. The first kappa shape index (κ1) is 20.2. The highest BCUT2D eigenvalue weighted by Gasteiger charge is 2.34. The van der Waals surface area contributed by atoms with Crippen molar-refractivity contribution in [1.29, 1.82) is 0 Å². The molecule has 3 rings (SSSR count). The number of rotatable bonds is 7. The van der Waals surface area contributed by atoms with Gasteiger partial charge >= 0.3 is 0 Å². The lowest BCUT2D eigenvalue weighted by atomic mass is 9.89. The number of piperidine rings is 1. The minimum absolute atomic E-state index is 0. The number of halogens is 1. The van der Waals surface area contributed by atoms with Gasteiger partial charge in [-0.1, -0.05) is 18.2 Å². The summed E-state index contributed by atoms with van der Waals surface area (Å²) in [4.78, 5) is 12.3. The molecule has 1 aromatic rings. The Kier molecular flexibility index (Phi) is 7.25. The first-order valence-electron chi connectivity index (χ1n) is 8.60. The number of fused-ring (bicyclic) bond motifs is 2. The summed E-state index contributed by atoms with van der Waals surface area (Å²) >= 11 is 0. The second kappa shape index (κ2) is 8.98. The predicted octanol–water partition coefficient (Wildman–Crippen LogP) is 1.42. The van der Waals surface area contributed by atoms with Crippen molar-refractivity contribution in [2.45, 2.75) is 49.1 Å². The van der Waals surface area contributed by atoms with E-state index in [0.29, 0.717) is 31.0 Å². The minimum Gasteiger partial charge on any atom is -0.355 e. The Hall–Kier alpha value is -1.15. The van der Waals surface area contributed by atoms with Gasteiger partial charge in [-0.05, 0) is 43.7 Å². The monoisotopic (exact) mass is 387 g/mol. The summed E-state index contributed by atoms with van der Waals surface area (Å²) in [5, 5.41) is 6.39. The summed E-state index contributed by atoms with van der Waals surface area (Å²) in [7, 11) is -3.50. The van der Waals surface area contributed by atoms with Gasteiger partial charge in [-0.2, -0.15) is 0 Å².